The largest absolute Gasteiger partial charge is 0.479 e. The number of anilines is 2. The van der Waals surface area contributed by atoms with Crippen LogP contribution < -0.4 is 15.0 Å². The highest BCUT2D eigenvalue weighted by Gasteiger charge is 2.32. The zero-order chi connectivity index (χ0) is 33.8. The second-order valence-corrected chi connectivity index (χ2v) is 11.7. The lowest BCUT2D eigenvalue weighted by atomic mass is 10.0. The maximum Gasteiger partial charge on any atom is 0.415 e. The molecular formula is C31H36F4N6O5. The maximum absolute atomic E-state index is 14.8. The molecule has 3 aromatic rings. The summed E-state index contributed by atoms with van der Waals surface area (Å²) in [5, 5.41) is 3.18. The summed E-state index contributed by atoms with van der Waals surface area (Å²) in [6.07, 6.45) is -4.68. The van der Waals surface area contributed by atoms with Crippen LogP contribution in [-0.4, -0.2) is 96.2 Å². The lowest BCUT2D eigenvalue weighted by molar-refractivity contribution is -0.128. The van der Waals surface area contributed by atoms with Crippen LogP contribution in [0.25, 0.3) is 5.52 Å². The van der Waals surface area contributed by atoms with Crippen LogP contribution in [-0.2, 0) is 15.9 Å². The van der Waals surface area contributed by atoms with E-state index < -0.39 is 42.5 Å². The average molecular weight is 649 g/mol. The van der Waals surface area contributed by atoms with Crippen molar-refractivity contribution in [3.8, 4) is 17.7 Å². The highest BCUT2D eigenvalue weighted by Crippen LogP contribution is 2.31. The monoisotopic (exact) mass is 648 g/mol. The molecule has 0 spiro atoms. The summed E-state index contributed by atoms with van der Waals surface area (Å²) in [5.74, 6) is 4.24. The molecule has 11 nitrogen and oxygen atoms in total. The molecular weight excluding hydrogens is 612 g/mol. The number of methoxy groups -OCH3 is 2. The minimum Gasteiger partial charge on any atom is -0.479 e. The summed E-state index contributed by atoms with van der Waals surface area (Å²) in [5.41, 5.74) is -0.0973. The van der Waals surface area contributed by atoms with Crippen LogP contribution in [0.15, 0.2) is 30.6 Å². The molecule has 0 aliphatic carbocycles. The van der Waals surface area contributed by atoms with E-state index in [2.05, 4.69) is 31.9 Å². The zero-order valence-corrected chi connectivity index (χ0v) is 26.4. The number of carbonyl (C=O) groups excluding carboxylic acids is 2. The lowest BCUT2D eigenvalue weighted by Gasteiger charge is -2.33. The molecule has 2 atom stereocenters. The van der Waals surface area contributed by atoms with E-state index in [1.807, 2.05) is 11.9 Å². The lowest BCUT2D eigenvalue weighted by Crippen LogP contribution is -2.46. The van der Waals surface area contributed by atoms with Gasteiger partial charge in [-0.25, -0.2) is 19.0 Å². The van der Waals surface area contributed by atoms with E-state index in [1.165, 1.54) is 23.8 Å². The van der Waals surface area contributed by atoms with Crippen molar-refractivity contribution in [2.45, 2.75) is 57.6 Å². The number of halogens is 4. The van der Waals surface area contributed by atoms with Gasteiger partial charge >= 0.3 is 18.2 Å². The Hall–Kier alpha value is -4.58. The number of esters is 1. The number of nitrogens with one attached hydrogen (secondary N) is 1. The number of hydrogen-bond donors (Lipinski definition) is 1. The van der Waals surface area contributed by atoms with Gasteiger partial charge in [0.1, 0.15) is 17.5 Å². The molecule has 0 radical (unpaired) electrons. The van der Waals surface area contributed by atoms with Gasteiger partial charge in [-0.3, -0.25) is 4.90 Å². The number of nitrogens with zero attached hydrogens (tertiary/aromatic N) is 5. The minimum absolute atomic E-state index is 0.00153. The Balaban J connectivity index is 1.74. The molecule has 4 rings (SSSR count). The third kappa shape index (κ3) is 8.36. The Morgan fingerprint density at radius 3 is 2.59 bits per heavy atom. The Kier molecular flexibility index (Phi) is 10.3. The van der Waals surface area contributed by atoms with E-state index in [4.69, 9.17) is 9.47 Å². The number of hydrogen-bond acceptors (Lipinski definition) is 9. The quantitative estimate of drug-likeness (QED) is 0.218. The van der Waals surface area contributed by atoms with Crippen LogP contribution in [0.3, 0.4) is 0 Å². The summed E-state index contributed by atoms with van der Waals surface area (Å²) < 4.78 is 72.9. The number of amides is 1. The number of ether oxygens (including phenoxy) is 3. The molecule has 0 saturated carbocycles. The van der Waals surface area contributed by atoms with Crippen molar-refractivity contribution < 1.29 is 41.4 Å². The Bertz CT molecular complexity index is 1640. The fourth-order valence-electron chi connectivity index (χ4n) is 4.94. The standard InChI is InChI=1S/C31H36F4N6O5/c1-30(2,3)46-29(43)41(25-17-36-26(28(42)45-6)38-27(25)44-5)13-7-9-19-15-23-22(37-21-11-14-39(4)18-20(21)32)10-8-12-40(23)24(19)16-31(33,34)35/h8,10,12,15,17,20-21,37H,11,13-14,16,18H2,1-6H3/t20-,21+/m0/s1. The van der Waals surface area contributed by atoms with E-state index in [9.17, 15) is 27.2 Å². The number of rotatable bonds is 7. The predicted molar refractivity (Wildman–Crippen MR) is 162 cm³/mol. The molecule has 0 bridgehead atoms. The van der Waals surface area contributed by atoms with Crippen molar-refractivity contribution in [2.75, 3.05) is 51.1 Å². The van der Waals surface area contributed by atoms with Gasteiger partial charge in [0, 0.05) is 30.5 Å². The van der Waals surface area contributed by atoms with Crippen LogP contribution in [0.1, 0.15) is 49.1 Å². The van der Waals surface area contributed by atoms with Gasteiger partial charge < -0.3 is 28.8 Å². The fourth-order valence-corrected chi connectivity index (χ4v) is 4.94. The molecule has 0 aromatic carbocycles. The highest BCUT2D eigenvalue weighted by molar-refractivity contribution is 5.91. The van der Waals surface area contributed by atoms with Gasteiger partial charge in [-0.05, 0) is 52.4 Å². The number of aromatic nitrogens is 3. The Morgan fingerprint density at radius 2 is 1.96 bits per heavy atom. The molecule has 1 aliphatic rings. The third-order valence-electron chi connectivity index (χ3n) is 7.03. The summed E-state index contributed by atoms with van der Waals surface area (Å²) in [6.45, 7) is 5.51. The average Bonchev–Trinajstić information content (AvgIpc) is 3.31. The Morgan fingerprint density at radius 1 is 1.22 bits per heavy atom. The molecule has 3 aromatic heterocycles. The first kappa shape index (κ1) is 34.3. The van der Waals surface area contributed by atoms with E-state index >= 15 is 0 Å². The number of pyridine rings is 1. The summed E-state index contributed by atoms with van der Waals surface area (Å²) in [7, 11) is 4.25. The second kappa shape index (κ2) is 13.8. The number of likely N-dealkylation sites (tertiary alicyclic amines) is 1. The van der Waals surface area contributed by atoms with Crippen molar-refractivity contribution in [1.29, 1.82) is 0 Å². The van der Waals surface area contributed by atoms with Gasteiger partial charge in [0.25, 0.3) is 0 Å². The smallest absolute Gasteiger partial charge is 0.415 e. The second-order valence-electron chi connectivity index (χ2n) is 11.7. The SMILES string of the molecule is COC(=O)c1ncc(N(CC#Cc2cc3c(N[C@@H]4CCN(C)C[C@@H]4F)cccn3c2CC(F)(F)F)C(=O)OC(C)(C)C)c(OC)n1. The summed E-state index contributed by atoms with van der Waals surface area (Å²) in [4.78, 5) is 36.1. The predicted octanol–water partition coefficient (Wildman–Crippen LogP) is 4.88. The van der Waals surface area contributed by atoms with Gasteiger partial charge in [0.15, 0.2) is 0 Å². The molecule has 4 heterocycles. The van der Waals surface area contributed by atoms with Gasteiger partial charge in [0.2, 0.25) is 11.7 Å². The molecule has 15 heteroatoms. The molecule has 1 aliphatic heterocycles. The van der Waals surface area contributed by atoms with Gasteiger partial charge in [-0.2, -0.15) is 18.2 Å². The van der Waals surface area contributed by atoms with Crippen LogP contribution in [0.5, 0.6) is 5.88 Å². The molecule has 1 fully saturated rings. The zero-order valence-electron chi connectivity index (χ0n) is 26.4. The van der Waals surface area contributed by atoms with E-state index in [1.54, 1.807) is 32.9 Å². The van der Waals surface area contributed by atoms with Crippen LogP contribution in [0, 0.1) is 11.8 Å². The molecule has 0 unspecified atom stereocenters. The van der Waals surface area contributed by atoms with Crippen molar-refractivity contribution in [1.82, 2.24) is 19.3 Å². The number of piperidine rings is 1. The molecule has 46 heavy (non-hydrogen) atoms. The van der Waals surface area contributed by atoms with E-state index in [0.29, 0.717) is 24.2 Å². The topological polar surface area (TPSA) is 111 Å². The summed E-state index contributed by atoms with van der Waals surface area (Å²) >= 11 is 0. The summed E-state index contributed by atoms with van der Waals surface area (Å²) in [6, 6.07) is 4.26. The van der Waals surface area contributed by atoms with Crippen molar-refractivity contribution in [3.63, 3.8) is 0 Å². The number of fused-ring (bicyclic) bond motifs is 1. The normalized spacial score (nSPS) is 17.2. The van der Waals surface area contributed by atoms with E-state index in [-0.39, 0.29) is 41.7 Å². The maximum atomic E-state index is 14.8. The Labute approximate surface area is 263 Å². The van der Waals surface area contributed by atoms with Crippen molar-refractivity contribution in [2.24, 2.45) is 0 Å². The van der Waals surface area contributed by atoms with Crippen LogP contribution >= 0.6 is 0 Å². The van der Waals surface area contributed by atoms with E-state index in [0.717, 1.165) is 18.2 Å². The molecule has 1 N–H and O–H groups in total. The molecule has 248 valence electrons. The van der Waals surface area contributed by atoms with Gasteiger partial charge in [-0.15, -0.1) is 0 Å². The molecule has 1 saturated heterocycles. The fraction of sp³-hybridized carbons (Fsp3) is 0.484. The number of carbonyl (C=O) groups is 2. The van der Waals surface area contributed by atoms with Crippen molar-refractivity contribution in [3.05, 3.63) is 47.7 Å². The van der Waals surface area contributed by atoms with Gasteiger partial charge in [0.05, 0.1) is 50.6 Å². The first-order chi connectivity index (χ1) is 21.6. The minimum atomic E-state index is -4.55. The molecule has 1 amide bonds. The number of alkyl halides is 4. The first-order valence-corrected chi connectivity index (χ1v) is 14.4. The van der Waals surface area contributed by atoms with Crippen molar-refractivity contribution >= 4 is 29.0 Å². The first-order valence-electron chi connectivity index (χ1n) is 14.4. The highest BCUT2D eigenvalue weighted by atomic mass is 19.4. The van der Waals surface area contributed by atoms with Crippen LogP contribution in [0.4, 0.5) is 33.7 Å². The third-order valence-corrected chi connectivity index (χ3v) is 7.03. The van der Waals surface area contributed by atoms with Gasteiger partial charge in [-0.1, -0.05) is 11.8 Å². The van der Waals surface area contributed by atoms with Crippen LogP contribution in [0.2, 0.25) is 0 Å².